The molecule has 1 saturated heterocycles. The summed E-state index contributed by atoms with van der Waals surface area (Å²) in [4.78, 5) is 32.6. The second-order valence-electron chi connectivity index (χ2n) is 7.88. The lowest BCUT2D eigenvalue weighted by Gasteiger charge is -2.33. The Morgan fingerprint density at radius 3 is 3.19 bits per heavy atom. The van der Waals surface area contributed by atoms with Gasteiger partial charge in [0.15, 0.2) is 5.82 Å². The molecule has 10 heteroatoms. The summed E-state index contributed by atoms with van der Waals surface area (Å²) in [6.45, 7) is 3.89. The molecule has 4 heterocycles. The predicted octanol–water partition coefficient (Wildman–Crippen LogP) is 3.47. The van der Waals surface area contributed by atoms with Gasteiger partial charge in [0.25, 0.3) is 0 Å². The van der Waals surface area contributed by atoms with Crippen LogP contribution in [0.5, 0.6) is 0 Å². The van der Waals surface area contributed by atoms with Gasteiger partial charge < -0.3 is 20.3 Å². The van der Waals surface area contributed by atoms with E-state index in [0.717, 1.165) is 48.1 Å². The smallest absolute Gasteiger partial charge is 0.225 e. The van der Waals surface area contributed by atoms with Crippen LogP contribution in [0.2, 0.25) is 0 Å². The van der Waals surface area contributed by atoms with Gasteiger partial charge in [-0.2, -0.15) is 4.98 Å². The average molecular weight is 456 g/mol. The van der Waals surface area contributed by atoms with E-state index in [4.69, 9.17) is 9.73 Å². The van der Waals surface area contributed by atoms with Gasteiger partial charge in [0.1, 0.15) is 10.9 Å². The van der Waals surface area contributed by atoms with E-state index in [1.54, 1.807) is 25.1 Å². The molecule has 32 heavy (non-hydrogen) atoms. The van der Waals surface area contributed by atoms with Gasteiger partial charge >= 0.3 is 0 Å². The number of amidine groups is 1. The summed E-state index contributed by atoms with van der Waals surface area (Å²) in [5.74, 6) is 2.81. The molecule has 0 aromatic carbocycles. The number of fused-ring (bicyclic) bond motifs is 1. The van der Waals surface area contributed by atoms with Crippen LogP contribution in [0.4, 0.5) is 17.5 Å². The number of ether oxygens (including phenoxy) is 1. The molecule has 2 aliphatic rings. The molecular weight excluding hydrogens is 426 g/mol. The van der Waals surface area contributed by atoms with E-state index in [1.807, 2.05) is 30.0 Å². The SMILES string of the molecule is CCCC(=O)N1CCCC(Nc2nc(COC)cc(N=C3CSc4ncccc4N3)n2)C1. The van der Waals surface area contributed by atoms with Crippen molar-refractivity contribution in [2.24, 2.45) is 4.99 Å². The minimum atomic E-state index is 0.115. The summed E-state index contributed by atoms with van der Waals surface area (Å²) >= 11 is 1.64. The summed E-state index contributed by atoms with van der Waals surface area (Å²) in [7, 11) is 1.64. The van der Waals surface area contributed by atoms with Crippen molar-refractivity contribution >= 4 is 41.0 Å². The van der Waals surface area contributed by atoms with Crippen LogP contribution in [0.1, 0.15) is 38.3 Å². The summed E-state index contributed by atoms with van der Waals surface area (Å²) in [6.07, 6.45) is 5.19. The summed E-state index contributed by atoms with van der Waals surface area (Å²) in [5.41, 5.74) is 1.70. The number of hydrogen-bond donors (Lipinski definition) is 2. The molecule has 2 aromatic rings. The Morgan fingerprint density at radius 2 is 2.34 bits per heavy atom. The normalized spacial score (nSPS) is 19.4. The molecular formula is C22H29N7O2S. The fourth-order valence-electron chi connectivity index (χ4n) is 3.83. The number of thioether (sulfide) groups is 1. The lowest BCUT2D eigenvalue weighted by atomic mass is 10.1. The number of pyridine rings is 1. The molecule has 1 fully saturated rings. The third-order valence-electron chi connectivity index (χ3n) is 5.27. The Kier molecular flexibility index (Phi) is 7.54. The number of hydrogen-bond acceptors (Lipinski definition) is 8. The lowest BCUT2D eigenvalue weighted by Crippen LogP contribution is -2.45. The summed E-state index contributed by atoms with van der Waals surface area (Å²) < 4.78 is 5.29. The Bertz CT molecular complexity index is 985. The number of methoxy groups -OCH3 is 1. The molecule has 2 aromatic heterocycles. The van der Waals surface area contributed by atoms with Crippen LogP contribution < -0.4 is 10.6 Å². The predicted molar refractivity (Wildman–Crippen MR) is 127 cm³/mol. The number of carbonyl (C=O) groups is 1. The summed E-state index contributed by atoms with van der Waals surface area (Å²) in [5, 5.41) is 7.73. The van der Waals surface area contributed by atoms with Crippen LogP contribution in [-0.2, 0) is 16.1 Å². The van der Waals surface area contributed by atoms with E-state index in [2.05, 4.69) is 25.6 Å². The first-order valence-corrected chi connectivity index (χ1v) is 12.0. The summed E-state index contributed by atoms with van der Waals surface area (Å²) in [6, 6.07) is 5.84. The maximum atomic E-state index is 12.3. The van der Waals surface area contributed by atoms with Gasteiger partial charge in [-0.25, -0.2) is 15.0 Å². The Labute approximate surface area is 192 Å². The van der Waals surface area contributed by atoms with Crippen LogP contribution in [0, 0.1) is 0 Å². The van der Waals surface area contributed by atoms with E-state index in [0.29, 0.717) is 37.1 Å². The topological polar surface area (TPSA) is 105 Å². The van der Waals surface area contributed by atoms with Gasteiger partial charge in [-0.1, -0.05) is 18.7 Å². The number of piperidine rings is 1. The van der Waals surface area contributed by atoms with Crippen LogP contribution >= 0.6 is 11.8 Å². The third-order valence-corrected chi connectivity index (χ3v) is 6.29. The highest BCUT2D eigenvalue weighted by molar-refractivity contribution is 8.00. The van der Waals surface area contributed by atoms with Crippen molar-refractivity contribution in [2.75, 3.05) is 36.6 Å². The number of carbonyl (C=O) groups excluding carboxylic acids is 1. The molecule has 2 N–H and O–H groups in total. The van der Waals surface area contributed by atoms with Crippen molar-refractivity contribution in [1.29, 1.82) is 0 Å². The molecule has 0 bridgehead atoms. The molecule has 1 amide bonds. The highest BCUT2D eigenvalue weighted by Gasteiger charge is 2.24. The largest absolute Gasteiger partial charge is 0.378 e. The van der Waals surface area contributed by atoms with Crippen LogP contribution in [0.25, 0.3) is 0 Å². The average Bonchev–Trinajstić information content (AvgIpc) is 2.79. The molecule has 2 aliphatic heterocycles. The monoisotopic (exact) mass is 455 g/mol. The van der Waals surface area contributed by atoms with E-state index < -0.39 is 0 Å². The van der Waals surface area contributed by atoms with Gasteiger partial charge in [0.05, 0.1) is 23.7 Å². The maximum absolute atomic E-state index is 12.3. The van der Waals surface area contributed by atoms with Crippen molar-refractivity contribution in [2.45, 2.75) is 50.3 Å². The third kappa shape index (κ3) is 5.74. The van der Waals surface area contributed by atoms with Crippen molar-refractivity contribution in [1.82, 2.24) is 19.9 Å². The van der Waals surface area contributed by atoms with Crippen LogP contribution in [0.3, 0.4) is 0 Å². The highest BCUT2D eigenvalue weighted by Crippen LogP contribution is 2.29. The number of aliphatic imine (C=N–C) groups is 1. The first-order chi connectivity index (χ1) is 15.6. The molecule has 1 atom stereocenters. The molecule has 170 valence electrons. The Morgan fingerprint density at radius 1 is 1.44 bits per heavy atom. The molecule has 0 saturated carbocycles. The van der Waals surface area contributed by atoms with Gasteiger partial charge in [0.2, 0.25) is 11.9 Å². The van der Waals surface area contributed by atoms with E-state index in [9.17, 15) is 4.79 Å². The standard InChI is InChI=1S/C22H29N7O2S/c1-3-6-20(30)29-10-5-7-15(12-29)24-22-25-16(13-31-2)11-18(28-22)27-19-14-32-21-17(26-19)8-4-9-23-21/h4,8-9,11,15H,3,5-7,10,12-14H2,1-2H3,(H2,24,25,26,27,28). The number of rotatable bonds is 7. The van der Waals surface area contributed by atoms with Gasteiger partial charge in [0, 0.05) is 44.9 Å². The lowest BCUT2D eigenvalue weighted by molar-refractivity contribution is -0.132. The fraction of sp³-hybridized carbons (Fsp3) is 0.500. The molecule has 0 aliphatic carbocycles. The highest BCUT2D eigenvalue weighted by atomic mass is 32.2. The van der Waals surface area contributed by atoms with Crippen LogP contribution in [-0.4, -0.2) is 63.6 Å². The molecule has 0 radical (unpaired) electrons. The van der Waals surface area contributed by atoms with Crippen molar-refractivity contribution < 1.29 is 9.53 Å². The van der Waals surface area contributed by atoms with Crippen molar-refractivity contribution in [3.05, 3.63) is 30.1 Å². The number of nitrogens with one attached hydrogen (secondary N) is 2. The van der Waals surface area contributed by atoms with Crippen molar-refractivity contribution in [3.63, 3.8) is 0 Å². The zero-order valence-electron chi connectivity index (χ0n) is 18.5. The molecule has 9 nitrogen and oxygen atoms in total. The minimum Gasteiger partial charge on any atom is -0.378 e. The van der Waals surface area contributed by atoms with Gasteiger partial charge in [-0.15, -0.1) is 0 Å². The van der Waals surface area contributed by atoms with Gasteiger partial charge in [-0.05, 0) is 31.4 Å². The minimum absolute atomic E-state index is 0.115. The maximum Gasteiger partial charge on any atom is 0.225 e. The number of amides is 1. The molecule has 1 unspecified atom stereocenters. The Balaban J connectivity index is 1.50. The van der Waals surface area contributed by atoms with Crippen LogP contribution in [0.15, 0.2) is 34.4 Å². The fourth-order valence-corrected chi connectivity index (χ4v) is 4.65. The zero-order valence-corrected chi connectivity index (χ0v) is 19.3. The quantitative estimate of drug-likeness (QED) is 0.654. The number of nitrogens with zero attached hydrogens (tertiary/aromatic N) is 5. The second-order valence-corrected chi connectivity index (χ2v) is 8.84. The van der Waals surface area contributed by atoms with Gasteiger partial charge in [-0.3, -0.25) is 4.79 Å². The zero-order chi connectivity index (χ0) is 22.3. The van der Waals surface area contributed by atoms with E-state index in [-0.39, 0.29) is 11.9 Å². The number of aromatic nitrogens is 3. The number of likely N-dealkylation sites (tertiary alicyclic amines) is 1. The Hall–Kier alpha value is -2.72. The first-order valence-electron chi connectivity index (χ1n) is 11.0. The van der Waals surface area contributed by atoms with E-state index >= 15 is 0 Å². The molecule has 0 spiro atoms. The number of anilines is 2. The molecule has 4 rings (SSSR count). The second kappa shape index (κ2) is 10.7. The van der Waals surface area contributed by atoms with Crippen molar-refractivity contribution in [3.8, 4) is 0 Å². The first kappa shape index (κ1) is 22.5. The van der Waals surface area contributed by atoms with E-state index in [1.165, 1.54) is 0 Å².